The van der Waals surface area contributed by atoms with Gasteiger partial charge in [-0.1, -0.05) is 18.6 Å². The zero-order valence-corrected chi connectivity index (χ0v) is 17.2. The highest BCUT2D eigenvalue weighted by molar-refractivity contribution is 5.97. The van der Waals surface area contributed by atoms with Crippen LogP contribution in [0.25, 0.3) is 0 Å². The van der Waals surface area contributed by atoms with E-state index < -0.39 is 0 Å². The van der Waals surface area contributed by atoms with E-state index in [0.717, 1.165) is 24.2 Å². The highest BCUT2D eigenvalue weighted by atomic mass is 16.5. The molecule has 0 radical (unpaired) electrons. The Labute approximate surface area is 157 Å². The second-order valence-electron chi connectivity index (χ2n) is 6.96. The first-order valence-electron chi connectivity index (χ1n) is 9.40. The molecule has 0 aromatic rings. The number of allylic oxidation sites excluding steroid dienone is 4. The number of esters is 2. The number of dihydropyridines is 1. The van der Waals surface area contributed by atoms with Crippen molar-refractivity contribution in [3.63, 3.8) is 0 Å². The van der Waals surface area contributed by atoms with Gasteiger partial charge < -0.3 is 14.8 Å². The number of hydrogen-bond donors (Lipinski definition) is 1. The van der Waals surface area contributed by atoms with Crippen LogP contribution in [-0.4, -0.2) is 25.2 Å². The molecule has 1 atom stereocenters. The topological polar surface area (TPSA) is 64.6 Å². The maximum absolute atomic E-state index is 12.6. The fourth-order valence-electron chi connectivity index (χ4n) is 3.38. The third-order valence-corrected chi connectivity index (χ3v) is 4.54. The van der Waals surface area contributed by atoms with Crippen LogP contribution in [-0.2, 0) is 19.1 Å². The second kappa shape index (κ2) is 10.2. The molecular formula is C21H33NO4. The number of nitrogens with one attached hydrogen (secondary N) is 1. The minimum absolute atomic E-state index is 0.0939. The van der Waals surface area contributed by atoms with Gasteiger partial charge in [0.15, 0.2) is 0 Å². The van der Waals surface area contributed by atoms with Crippen LogP contribution < -0.4 is 5.32 Å². The normalized spacial score (nSPS) is 16.1. The standard InChI is InChI=1S/C21H33NO4/c1-8-25-20(23)18-15(6)22-16(7)19(21(24)26-9-2)17(18)14(5)12-10-11-13(3)4/h11,14,17,22H,8-10,12H2,1-7H3. The van der Waals surface area contributed by atoms with Crippen LogP contribution in [0.2, 0.25) is 0 Å². The Morgan fingerprint density at radius 1 is 1.04 bits per heavy atom. The van der Waals surface area contributed by atoms with Gasteiger partial charge in [-0.05, 0) is 60.3 Å². The summed E-state index contributed by atoms with van der Waals surface area (Å²) in [5, 5.41) is 3.16. The monoisotopic (exact) mass is 363 g/mol. The maximum Gasteiger partial charge on any atom is 0.336 e. The summed E-state index contributed by atoms with van der Waals surface area (Å²) in [5.41, 5.74) is 3.81. The molecule has 1 rings (SSSR count). The van der Waals surface area contributed by atoms with Gasteiger partial charge in [-0.2, -0.15) is 0 Å². The van der Waals surface area contributed by atoms with E-state index in [4.69, 9.17) is 9.47 Å². The SMILES string of the molecule is CCOC(=O)C1=C(C)NC(C)=C(C(=O)OCC)C1C(C)CCC=C(C)C. The Morgan fingerprint density at radius 3 is 1.88 bits per heavy atom. The van der Waals surface area contributed by atoms with Crippen LogP contribution in [0.4, 0.5) is 0 Å². The molecule has 0 amide bonds. The lowest BCUT2D eigenvalue weighted by atomic mass is 9.75. The first kappa shape index (κ1) is 22.0. The van der Waals surface area contributed by atoms with Crippen molar-refractivity contribution in [3.05, 3.63) is 34.2 Å². The molecule has 1 aliphatic heterocycles. The number of hydrogen-bond acceptors (Lipinski definition) is 5. The van der Waals surface area contributed by atoms with E-state index in [2.05, 4.69) is 32.2 Å². The predicted molar refractivity (Wildman–Crippen MR) is 103 cm³/mol. The van der Waals surface area contributed by atoms with E-state index in [1.807, 2.05) is 13.8 Å². The second-order valence-corrected chi connectivity index (χ2v) is 6.96. The molecule has 0 fully saturated rings. The number of carbonyl (C=O) groups is 2. The molecule has 1 heterocycles. The van der Waals surface area contributed by atoms with Crippen molar-refractivity contribution >= 4 is 11.9 Å². The quantitative estimate of drug-likeness (QED) is 0.515. The molecule has 146 valence electrons. The van der Waals surface area contributed by atoms with E-state index >= 15 is 0 Å². The average Bonchev–Trinajstić information content (AvgIpc) is 2.53. The average molecular weight is 363 g/mol. The zero-order valence-electron chi connectivity index (χ0n) is 17.2. The predicted octanol–water partition coefficient (Wildman–Crippen LogP) is 4.26. The maximum atomic E-state index is 12.6. The summed E-state index contributed by atoms with van der Waals surface area (Å²) in [6.45, 7) is 14.1. The first-order valence-corrected chi connectivity index (χ1v) is 9.40. The van der Waals surface area contributed by atoms with E-state index in [1.165, 1.54) is 5.57 Å². The van der Waals surface area contributed by atoms with E-state index in [-0.39, 0.29) is 23.8 Å². The van der Waals surface area contributed by atoms with E-state index in [9.17, 15) is 9.59 Å². The summed E-state index contributed by atoms with van der Waals surface area (Å²) in [6.07, 6.45) is 3.94. The van der Waals surface area contributed by atoms with Crippen LogP contribution in [0, 0.1) is 11.8 Å². The highest BCUT2D eigenvalue weighted by Gasteiger charge is 2.39. The zero-order chi connectivity index (χ0) is 19.9. The van der Waals surface area contributed by atoms with Gasteiger partial charge in [0.1, 0.15) is 0 Å². The van der Waals surface area contributed by atoms with Gasteiger partial charge in [0.2, 0.25) is 0 Å². The van der Waals surface area contributed by atoms with Gasteiger partial charge in [-0.3, -0.25) is 0 Å². The van der Waals surface area contributed by atoms with Crippen molar-refractivity contribution in [1.29, 1.82) is 0 Å². The molecule has 0 saturated carbocycles. The summed E-state index contributed by atoms with van der Waals surface area (Å²) in [6, 6.07) is 0. The number of ether oxygens (including phenoxy) is 2. The van der Waals surface area contributed by atoms with Crippen LogP contribution in [0.1, 0.15) is 61.3 Å². The Bertz CT molecular complexity index is 584. The molecular weight excluding hydrogens is 330 g/mol. The summed E-state index contributed by atoms with van der Waals surface area (Å²) in [4.78, 5) is 25.3. The number of rotatable bonds is 8. The molecule has 1 unspecified atom stereocenters. The van der Waals surface area contributed by atoms with Gasteiger partial charge in [0, 0.05) is 17.3 Å². The summed E-state index contributed by atoms with van der Waals surface area (Å²) in [5.74, 6) is -0.979. The molecule has 0 bridgehead atoms. The molecule has 26 heavy (non-hydrogen) atoms. The first-order chi connectivity index (χ1) is 12.2. The van der Waals surface area contributed by atoms with Gasteiger partial charge in [0.05, 0.1) is 24.4 Å². The van der Waals surface area contributed by atoms with Crippen molar-refractivity contribution in [2.75, 3.05) is 13.2 Å². The van der Waals surface area contributed by atoms with Crippen LogP contribution in [0.3, 0.4) is 0 Å². The highest BCUT2D eigenvalue weighted by Crippen LogP contribution is 2.38. The molecule has 0 aromatic heterocycles. The third-order valence-electron chi connectivity index (χ3n) is 4.54. The summed E-state index contributed by atoms with van der Waals surface area (Å²) < 4.78 is 10.5. The van der Waals surface area contributed by atoms with Crippen molar-refractivity contribution in [2.45, 2.75) is 61.3 Å². The van der Waals surface area contributed by atoms with E-state index in [1.54, 1.807) is 13.8 Å². The van der Waals surface area contributed by atoms with Crippen LogP contribution in [0.15, 0.2) is 34.2 Å². The molecule has 0 spiro atoms. The molecule has 5 nitrogen and oxygen atoms in total. The molecule has 0 aliphatic carbocycles. The minimum Gasteiger partial charge on any atom is -0.463 e. The fourth-order valence-corrected chi connectivity index (χ4v) is 3.38. The Morgan fingerprint density at radius 2 is 1.50 bits per heavy atom. The van der Waals surface area contributed by atoms with Gasteiger partial charge in [-0.15, -0.1) is 0 Å². The van der Waals surface area contributed by atoms with Crippen molar-refractivity contribution in [2.24, 2.45) is 11.8 Å². The Balaban J connectivity index is 3.30. The molecule has 0 saturated heterocycles. The van der Waals surface area contributed by atoms with E-state index in [0.29, 0.717) is 24.4 Å². The van der Waals surface area contributed by atoms with Crippen LogP contribution in [0.5, 0.6) is 0 Å². The Hall–Kier alpha value is -2.04. The number of carbonyl (C=O) groups excluding carboxylic acids is 2. The van der Waals surface area contributed by atoms with Gasteiger partial charge >= 0.3 is 11.9 Å². The summed E-state index contributed by atoms with van der Waals surface area (Å²) in [7, 11) is 0. The lowest BCUT2D eigenvalue weighted by Gasteiger charge is -2.33. The minimum atomic E-state index is -0.370. The van der Waals surface area contributed by atoms with Crippen molar-refractivity contribution < 1.29 is 19.1 Å². The third kappa shape index (κ3) is 5.48. The smallest absolute Gasteiger partial charge is 0.336 e. The largest absolute Gasteiger partial charge is 0.463 e. The fraction of sp³-hybridized carbons (Fsp3) is 0.619. The molecule has 1 aliphatic rings. The molecule has 0 aromatic carbocycles. The van der Waals surface area contributed by atoms with Gasteiger partial charge in [0.25, 0.3) is 0 Å². The van der Waals surface area contributed by atoms with Gasteiger partial charge in [-0.25, -0.2) is 9.59 Å². The molecule has 5 heteroatoms. The lowest BCUT2D eigenvalue weighted by molar-refractivity contribution is -0.140. The van der Waals surface area contributed by atoms with Crippen molar-refractivity contribution in [3.8, 4) is 0 Å². The molecule has 1 N–H and O–H groups in total. The van der Waals surface area contributed by atoms with Crippen molar-refractivity contribution in [1.82, 2.24) is 5.32 Å². The summed E-state index contributed by atoms with van der Waals surface area (Å²) >= 11 is 0. The lowest BCUT2D eigenvalue weighted by Crippen LogP contribution is -2.36. The van der Waals surface area contributed by atoms with Crippen LogP contribution >= 0.6 is 0 Å². The Kier molecular flexibility index (Phi) is 8.62.